The average Bonchev–Trinajstić information content (AvgIpc) is 2.29. The molecule has 1 heterocycles. The zero-order chi connectivity index (χ0) is 11.6. The Kier molecular flexibility index (Phi) is 7.81. The van der Waals surface area contributed by atoms with Crippen LogP contribution in [-0.4, -0.2) is 39.0 Å². The molecule has 1 fully saturated rings. The Bertz CT molecular complexity index is 156. The fourth-order valence-electron chi connectivity index (χ4n) is 1.84. The van der Waals surface area contributed by atoms with Crippen molar-refractivity contribution in [1.29, 1.82) is 0 Å². The summed E-state index contributed by atoms with van der Waals surface area (Å²) in [5, 5.41) is 3.41. The lowest BCUT2D eigenvalue weighted by atomic mass is 10.1. The lowest BCUT2D eigenvalue weighted by Gasteiger charge is -2.22. The summed E-state index contributed by atoms with van der Waals surface area (Å²) in [7, 11) is 0. The van der Waals surface area contributed by atoms with Crippen LogP contribution in [0.25, 0.3) is 0 Å². The van der Waals surface area contributed by atoms with E-state index in [9.17, 15) is 0 Å². The van der Waals surface area contributed by atoms with Crippen LogP contribution in [-0.2, 0) is 9.47 Å². The third-order valence-electron chi connectivity index (χ3n) is 2.77. The molecule has 1 aliphatic heterocycles. The third-order valence-corrected chi connectivity index (χ3v) is 2.77. The second-order valence-corrected chi connectivity index (χ2v) is 5.02. The van der Waals surface area contributed by atoms with Gasteiger partial charge in [0.2, 0.25) is 0 Å². The monoisotopic (exact) mass is 229 g/mol. The van der Waals surface area contributed by atoms with E-state index < -0.39 is 0 Å². The smallest absolute Gasteiger partial charge is 0.0808 e. The molecule has 1 atom stereocenters. The predicted octanol–water partition coefficient (Wildman–Crippen LogP) is 2.21. The second kappa shape index (κ2) is 8.97. The summed E-state index contributed by atoms with van der Waals surface area (Å²) in [5.74, 6) is 0.733. The molecule has 1 saturated heterocycles. The molecule has 1 N–H and O–H groups in total. The molecule has 0 aromatic carbocycles. The van der Waals surface area contributed by atoms with Gasteiger partial charge in [-0.2, -0.15) is 0 Å². The minimum absolute atomic E-state index is 0.359. The summed E-state index contributed by atoms with van der Waals surface area (Å²) < 4.78 is 11.2. The molecule has 1 aliphatic rings. The maximum Gasteiger partial charge on any atom is 0.0808 e. The van der Waals surface area contributed by atoms with E-state index in [4.69, 9.17) is 9.47 Å². The van der Waals surface area contributed by atoms with Gasteiger partial charge in [0.1, 0.15) is 0 Å². The van der Waals surface area contributed by atoms with Crippen molar-refractivity contribution in [3.8, 4) is 0 Å². The predicted molar refractivity (Wildman–Crippen MR) is 66.7 cm³/mol. The molecule has 1 rings (SSSR count). The molecule has 3 heteroatoms. The van der Waals surface area contributed by atoms with Crippen molar-refractivity contribution < 1.29 is 9.47 Å². The topological polar surface area (TPSA) is 30.5 Å². The van der Waals surface area contributed by atoms with Gasteiger partial charge in [-0.1, -0.05) is 13.8 Å². The first-order valence-corrected chi connectivity index (χ1v) is 6.69. The summed E-state index contributed by atoms with van der Waals surface area (Å²) in [6.45, 7) is 9.17. The van der Waals surface area contributed by atoms with Gasteiger partial charge in [-0.05, 0) is 44.7 Å². The number of hydrogen-bond donors (Lipinski definition) is 1. The third kappa shape index (κ3) is 7.20. The molecule has 0 spiro atoms. The van der Waals surface area contributed by atoms with Crippen LogP contribution in [0.15, 0.2) is 0 Å². The Labute approximate surface area is 99.9 Å². The molecule has 0 bridgehead atoms. The van der Waals surface area contributed by atoms with E-state index in [-0.39, 0.29) is 0 Å². The first kappa shape index (κ1) is 13.9. The summed E-state index contributed by atoms with van der Waals surface area (Å²) in [6, 6.07) is 0. The van der Waals surface area contributed by atoms with E-state index in [0.29, 0.717) is 6.10 Å². The molecule has 1 unspecified atom stereocenters. The number of ether oxygens (including phenoxy) is 2. The van der Waals surface area contributed by atoms with Gasteiger partial charge in [-0.15, -0.1) is 0 Å². The van der Waals surface area contributed by atoms with Crippen molar-refractivity contribution >= 4 is 0 Å². The highest BCUT2D eigenvalue weighted by Crippen LogP contribution is 2.12. The van der Waals surface area contributed by atoms with Crippen LogP contribution < -0.4 is 5.32 Å². The number of hydrogen-bond acceptors (Lipinski definition) is 3. The molecule has 0 saturated carbocycles. The first-order chi connectivity index (χ1) is 7.79. The van der Waals surface area contributed by atoms with E-state index >= 15 is 0 Å². The van der Waals surface area contributed by atoms with Gasteiger partial charge in [0, 0.05) is 13.2 Å². The highest BCUT2D eigenvalue weighted by molar-refractivity contribution is 4.62. The molecule has 0 aliphatic carbocycles. The van der Waals surface area contributed by atoms with Gasteiger partial charge in [-0.3, -0.25) is 0 Å². The molecule has 16 heavy (non-hydrogen) atoms. The first-order valence-electron chi connectivity index (χ1n) is 6.69. The quantitative estimate of drug-likeness (QED) is 0.647. The largest absolute Gasteiger partial charge is 0.379 e. The van der Waals surface area contributed by atoms with Gasteiger partial charge in [0.05, 0.1) is 12.7 Å². The van der Waals surface area contributed by atoms with E-state index in [1.165, 1.54) is 19.3 Å². The SMILES string of the molecule is CC(C)CNCCCOCC1CCCCO1. The molecule has 96 valence electrons. The Morgan fingerprint density at radius 2 is 2.25 bits per heavy atom. The molecule has 0 amide bonds. The van der Waals surface area contributed by atoms with Crippen LogP contribution in [0.4, 0.5) is 0 Å². The Hall–Kier alpha value is -0.120. The number of rotatable bonds is 8. The van der Waals surface area contributed by atoms with Crippen LogP contribution in [0.3, 0.4) is 0 Å². The lowest BCUT2D eigenvalue weighted by molar-refractivity contribution is -0.0408. The van der Waals surface area contributed by atoms with Crippen molar-refractivity contribution in [2.24, 2.45) is 5.92 Å². The highest BCUT2D eigenvalue weighted by Gasteiger charge is 2.13. The van der Waals surface area contributed by atoms with Crippen LogP contribution in [0, 0.1) is 5.92 Å². The fourth-order valence-corrected chi connectivity index (χ4v) is 1.84. The van der Waals surface area contributed by atoms with Crippen molar-refractivity contribution in [2.75, 3.05) is 32.9 Å². The minimum atomic E-state index is 0.359. The lowest BCUT2D eigenvalue weighted by Crippen LogP contribution is -2.25. The maximum atomic E-state index is 5.62. The van der Waals surface area contributed by atoms with Crippen molar-refractivity contribution in [3.63, 3.8) is 0 Å². The van der Waals surface area contributed by atoms with Crippen LogP contribution in [0.1, 0.15) is 39.5 Å². The highest BCUT2D eigenvalue weighted by atomic mass is 16.5. The molecular formula is C13H27NO2. The van der Waals surface area contributed by atoms with Crippen molar-refractivity contribution in [2.45, 2.75) is 45.6 Å². The van der Waals surface area contributed by atoms with E-state index in [1.807, 2.05) is 0 Å². The zero-order valence-electron chi connectivity index (χ0n) is 10.8. The van der Waals surface area contributed by atoms with Gasteiger partial charge < -0.3 is 14.8 Å². The zero-order valence-corrected chi connectivity index (χ0v) is 10.8. The standard InChI is InChI=1S/C13H27NO2/c1-12(2)10-14-7-5-8-15-11-13-6-3-4-9-16-13/h12-14H,3-11H2,1-2H3. The van der Waals surface area contributed by atoms with Gasteiger partial charge in [0.15, 0.2) is 0 Å². The summed E-state index contributed by atoms with van der Waals surface area (Å²) in [5.41, 5.74) is 0. The minimum Gasteiger partial charge on any atom is -0.379 e. The Morgan fingerprint density at radius 3 is 2.94 bits per heavy atom. The van der Waals surface area contributed by atoms with E-state index in [0.717, 1.165) is 45.2 Å². The van der Waals surface area contributed by atoms with Crippen molar-refractivity contribution in [3.05, 3.63) is 0 Å². The average molecular weight is 229 g/mol. The van der Waals surface area contributed by atoms with Gasteiger partial charge in [-0.25, -0.2) is 0 Å². The van der Waals surface area contributed by atoms with E-state index in [2.05, 4.69) is 19.2 Å². The molecule has 0 radical (unpaired) electrons. The second-order valence-electron chi connectivity index (χ2n) is 5.02. The number of nitrogens with one attached hydrogen (secondary N) is 1. The molecule has 0 aromatic heterocycles. The van der Waals surface area contributed by atoms with Gasteiger partial charge in [0.25, 0.3) is 0 Å². The molecular weight excluding hydrogens is 202 g/mol. The Balaban J connectivity index is 1.80. The summed E-state index contributed by atoms with van der Waals surface area (Å²) >= 11 is 0. The van der Waals surface area contributed by atoms with Crippen LogP contribution >= 0.6 is 0 Å². The summed E-state index contributed by atoms with van der Waals surface area (Å²) in [4.78, 5) is 0. The molecule has 0 aromatic rings. The van der Waals surface area contributed by atoms with E-state index in [1.54, 1.807) is 0 Å². The fraction of sp³-hybridized carbons (Fsp3) is 1.00. The van der Waals surface area contributed by atoms with Crippen LogP contribution in [0.5, 0.6) is 0 Å². The maximum absolute atomic E-state index is 5.62. The van der Waals surface area contributed by atoms with Gasteiger partial charge >= 0.3 is 0 Å². The molecule has 3 nitrogen and oxygen atoms in total. The van der Waals surface area contributed by atoms with Crippen LogP contribution in [0.2, 0.25) is 0 Å². The van der Waals surface area contributed by atoms with Crippen molar-refractivity contribution in [1.82, 2.24) is 5.32 Å². The Morgan fingerprint density at radius 1 is 1.38 bits per heavy atom. The normalized spacial score (nSPS) is 21.6. The summed E-state index contributed by atoms with van der Waals surface area (Å²) in [6.07, 6.45) is 5.14.